The summed E-state index contributed by atoms with van der Waals surface area (Å²) in [6, 6.07) is 6.36. The second-order valence-corrected chi connectivity index (χ2v) is 4.37. The lowest BCUT2D eigenvalue weighted by atomic mass is 9.97. The van der Waals surface area contributed by atoms with E-state index in [4.69, 9.17) is 5.11 Å². The molecule has 1 aromatic rings. The molecule has 0 bridgehead atoms. The molecule has 1 fully saturated rings. The smallest absolute Gasteiger partial charge is 0.306 e. The van der Waals surface area contributed by atoms with Crippen LogP contribution in [0.15, 0.2) is 24.3 Å². The fraction of sp³-hybridized carbons (Fsp3) is 0.417. The molecule has 6 nitrogen and oxygen atoms in total. The number of rotatable bonds is 3. The number of carbonyl (C=O) groups is 1. The molecule has 1 saturated heterocycles. The molecule has 96 valence electrons. The van der Waals surface area contributed by atoms with Gasteiger partial charge >= 0.3 is 5.97 Å². The van der Waals surface area contributed by atoms with Gasteiger partial charge in [0.05, 0.1) is 10.8 Å². The average Bonchev–Trinajstić information content (AvgIpc) is 2.39. The van der Waals surface area contributed by atoms with Crippen molar-refractivity contribution in [3.8, 4) is 0 Å². The Kier molecular flexibility index (Phi) is 3.45. The third-order valence-electron chi connectivity index (χ3n) is 3.27. The molecule has 6 heteroatoms. The number of nitrogens with zero attached hydrogens (tertiary/aromatic N) is 2. The first-order chi connectivity index (χ1) is 8.58. The first-order valence-electron chi connectivity index (χ1n) is 5.80. The van der Waals surface area contributed by atoms with Crippen molar-refractivity contribution in [1.82, 2.24) is 0 Å². The minimum atomic E-state index is -0.738. The van der Waals surface area contributed by atoms with E-state index in [0.717, 1.165) is 5.69 Å². The van der Waals surface area contributed by atoms with Crippen molar-refractivity contribution >= 4 is 17.3 Å². The number of non-ortho nitro benzene ring substituents is 1. The Morgan fingerprint density at radius 1 is 1.28 bits per heavy atom. The van der Waals surface area contributed by atoms with Gasteiger partial charge in [0.1, 0.15) is 0 Å². The van der Waals surface area contributed by atoms with Crippen LogP contribution in [-0.2, 0) is 4.79 Å². The van der Waals surface area contributed by atoms with Gasteiger partial charge in [-0.3, -0.25) is 14.9 Å². The maximum atomic E-state index is 10.8. The molecule has 0 spiro atoms. The van der Waals surface area contributed by atoms with Gasteiger partial charge in [0.25, 0.3) is 5.69 Å². The number of nitro groups is 1. The summed E-state index contributed by atoms with van der Waals surface area (Å²) in [5.41, 5.74) is 0.976. The Morgan fingerprint density at radius 2 is 1.83 bits per heavy atom. The molecule has 0 aliphatic carbocycles. The normalized spacial score (nSPS) is 16.6. The van der Waals surface area contributed by atoms with Crippen molar-refractivity contribution in [1.29, 1.82) is 0 Å². The van der Waals surface area contributed by atoms with Crippen LogP contribution in [-0.4, -0.2) is 29.1 Å². The summed E-state index contributed by atoms with van der Waals surface area (Å²) in [5.74, 6) is -1.00. The summed E-state index contributed by atoms with van der Waals surface area (Å²) in [5, 5.41) is 19.4. The van der Waals surface area contributed by atoms with E-state index in [2.05, 4.69) is 4.90 Å². The zero-order valence-electron chi connectivity index (χ0n) is 9.78. The highest BCUT2D eigenvalue weighted by Gasteiger charge is 2.24. The fourth-order valence-electron chi connectivity index (χ4n) is 2.17. The van der Waals surface area contributed by atoms with Crippen LogP contribution < -0.4 is 4.90 Å². The number of nitro benzene ring substituents is 1. The summed E-state index contributed by atoms with van der Waals surface area (Å²) in [7, 11) is 0. The molecule has 0 atom stereocenters. The molecular weight excluding hydrogens is 236 g/mol. The maximum absolute atomic E-state index is 10.8. The van der Waals surface area contributed by atoms with Crippen LogP contribution in [0.2, 0.25) is 0 Å². The van der Waals surface area contributed by atoms with E-state index in [9.17, 15) is 14.9 Å². The lowest BCUT2D eigenvalue weighted by Crippen LogP contribution is -2.36. The predicted molar refractivity (Wildman–Crippen MR) is 65.7 cm³/mol. The Morgan fingerprint density at radius 3 is 2.28 bits per heavy atom. The largest absolute Gasteiger partial charge is 0.481 e. The molecule has 1 aliphatic heterocycles. The first kappa shape index (κ1) is 12.3. The minimum Gasteiger partial charge on any atom is -0.481 e. The molecule has 2 rings (SSSR count). The van der Waals surface area contributed by atoms with Crippen molar-refractivity contribution < 1.29 is 14.8 Å². The molecule has 0 unspecified atom stereocenters. The number of hydrogen-bond acceptors (Lipinski definition) is 4. The highest BCUT2D eigenvalue weighted by Crippen LogP contribution is 2.25. The van der Waals surface area contributed by atoms with Crippen molar-refractivity contribution in [3.63, 3.8) is 0 Å². The van der Waals surface area contributed by atoms with Crippen LogP contribution in [0, 0.1) is 16.0 Å². The summed E-state index contributed by atoms with van der Waals surface area (Å²) in [6.45, 7) is 1.35. The Bertz CT molecular complexity index is 450. The molecule has 0 aromatic heterocycles. The van der Waals surface area contributed by atoms with Gasteiger partial charge in [-0.15, -0.1) is 0 Å². The SMILES string of the molecule is O=C(O)C1CCN(c2ccc([N+](=O)[O-])cc2)CC1. The van der Waals surface area contributed by atoms with Gasteiger partial charge in [-0.2, -0.15) is 0 Å². The number of benzene rings is 1. The standard InChI is InChI=1S/C12H14N2O4/c15-12(16)9-5-7-13(8-6-9)10-1-3-11(4-2-10)14(17)18/h1-4,9H,5-8H2,(H,15,16). The zero-order chi connectivity index (χ0) is 13.1. The third kappa shape index (κ3) is 2.58. The summed E-state index contributed by atoms with van der Waals surface area (Å²) < 4.78 is 0. The van der Waals surface area contributed by atoms with Crippen LogP contribution in [0.5, 0.6) is 0 Å². The Labute approximate surface area is 104 Å². The second-order valence-electron chi connectivity index (χ2n) is 4.37. The monoisotopic (exact) mass is 250 g/mol. The van der Waals surface area contributed by atoms with E-state index in [1.807, 2.05) is 0 Å². The van der Waals surface area contributed by atoms with Crippen LogP contribution >= 0.6 is 0 Å². The molecule has 18 heavy (non-hydrogen) atoms. The van der Waals surface area contributed by atoms with Crippen molar-refractivity contribution in [2.45, 2.75) is 12.8 Å². The van der Waals surface area contributed by atoms with Crippen molar-refractivity contribution in [2.24, 2.45) is 5.92 Å². The van der Waals surface area contributed by atoms with Gasteiger partial charge in [0.15, 0.2) is 0 Å². The molecule has 0 saturated carbocycles. The highest BCUT2D eigenvalue weighted by molar-refractivity contribution is 5.70. The highest BCUT2D eigenvalue weighted by atomic mass is 16.6. The number of carboxylic acid groups (broad SMARTS) is 1. The van der Waals surface area contributed by atoms with Crippen LogP contribution in [0.25, 0.3) is 0 Å². The van der Waals surface area contributed by atoms with Gasteiger partial charge in [0, 0.05) is 30.9 Å². The Balaban J connectivity index is 2.01. The van der Waals surface area contributed by atoms with E-state index in [0.29, 0.717) is 25.9 Å². The fourth-order valence-corrected chi connectivity index (χ4v) is 2.17. The number of anilines is 1. The van der Waals surface area contributed by atoms with Gasteiger partial charge < -0.3 is 10.0 Å². The van der Waals surface area contributed by atoms with E-state index < -0.39 is 10.9 Å². The van der Waals surface area contributed by atoms with Gasteiger partial charge in [-0.25, -0.2) is 0 Å². The number of carboxylic acids is 1. The van der Waals surface area contributed by atoms with Gasteiger partial charge in [-0.05, 0) is 25.0 Å². The summed E-state index contributed by atoms with van der Waals surface area (Å²) in [6.07, 6.45) is 1.23. The van der Waals surface area contributed by atoms with Crippen molar-refractivity contribution in [3.05, 3.63) is 34.4 Å². The quantitative estimate of drug-likeness (QED) is 0.654. The number of piperidine rings is 1. The lowest BCUT2D eigenvalue weighted by Gasteiger charge is -2.31. The van der Waals surface area contributed by atoms with Crippen LogP contribution in [0.4, 0.5) is 11.4 Å². The van der Waals surface area contributed by atoms with E-state index in [-0.39, 0.29) is 11.6 Å². The van der Waals surface area contributed by atoms with Crippen LogP contribution in [0.1, 0.15) is 12.8 Å². The first-order valence-corrected chi connectivity index (χ1v) is 5.80. The molecule has 0 amide bonds. The molecule has 1 heterocycles. The van der Waals surface area contributed by atoms with Gasteiger partial charge in [-0.1, -0.05) is 0 Å². The maximum Gasteiger partial charge on any atom is 0.306 e. The zero-order valence-corrected chi connectivity index (χ0v) is 9.78. The van der Waals surface area contributed by atoms with Crippen LogP contribution in [0.3, 0.4) is 0 Å². The number of hydrogen-bond donors (Lipinski definition) is 1. The topological polar surface area (TPSA) is 83.7 Å². The van der Waals surface area contributed by atoms with E-state index in [1.54, 1.807) is 12.1 Å². The molecule has 1 aromatic carbocycles. The van der Waals surface area contributed by atoms with Gasteiger partial charge in [0.2, 0.25) is 0 Å². The van der Waals surface area contributed by atoms with Crippen molar-refractivity contribution in [2.75, 3.05) is 18.0 Å². The average molecular weight is 250 g/mol. The third-order valence-corrected chi connectivity index (χ3v) is 3.27. The minimum absolute atomic E-state index is 0.0687. The Hall–Kier alpha value is -2.11. The second kappa shape index (κ2) is 5.03. The summed E-state index contributed by atoms with van der Waals surface area (Å²) in [4.78, 5) is 23.0. The molecule has 0 radical (unpaired) electrons. The number of aliphatic carboxylic acids is 1. The molecule has 1 aliphatic rings. The van der Waals surface area contributed by atoms with E-state index in [1.165, 1.54) is 12.1 Å². The van der Waals surface area contributed by atoms with E-state index >= 15 is 0 Å². The lowest BCUT2D eigenvalue weighted by molar-refractivity contribution is -0.384. The molecule has 1 N–H and O–H groups in total. The molecular formula is C12H14N2O4. The summed E-state index contributed by atoms with van der Waals surface area (Å²) >= 11 is 0. The predicted octanol–water partition coefficient (Wildman–Crippen LogP) is 1.90.